The second-order valence-corrected chi connectivity index (χ2v) is 12.2. The standard InChI is InChI=1S/C24H24BrO2P/c1-24(2,3)27-23(26)22(25)28(19-13-7-4-8-14-19,20-15-9-5-10-16-20)21-17-11-6-12-18-21/h4-18H,1-3H3. The number of carbonyl (C=O) groups is 1. The minimum atomic E-state index is -2.43. The molecule has 0 aromatic heterocycles. The lowest BCUT2D eigenvalue weighted by molar-refractivity contribution is -0.145. The normalized spacial score (nSPS) is 11.7. The Labute approximate surface area is 175 Å². The zero-order chi connectivity index (χ0) is 20.2. The summed E-state index contributed by atoms with van der Waals surface area (Å²) in [6.45, 7) is 3.24. The van der Waals surface area contributed by atoms with Gasteiger partial charge in [-0.1, -0.05) is 91.0 Å². The Balaban J connectivity index is 2.45. The molecule has 3 aromatic rings. The van der Waals surface area contributed by atoms with Gasteiger partial charge in [-0.3, -0.25) is 0 Å². The van der Waals surface area contributed by atoms with Gasteiger partial charge in [-0.05, 0) is 59.5 Å². The maximum Gasteiger partial charge on any atom is 0.346 e. The van der Waals surface area contributed by atoms with Crippen molar-refractivity contribution in [2.45, 2.75) is 26.4 Å². The highest BCUT2D eigenvalue weighted by molar-refractivity contribution is 9.20. The van der Waals surface area contributed by atoms with Crippen molar-refractivity contribution in [2.75, 3.05) is 0 Å². The Kier molecular flexibility index (Phi) is 6.27. The van der Waals surface area contributed by atoms with E-state index in [1.165, 1.54) is 0 Å². The molecule has 0 saturated carbocycles. The smallest absolute Gasteiger partial charge is 0.346 e. The molecule has 0 bridgehead atoms. The van der Waals surface area contributed by atoms with Crippen molar-refractivity contribution in [1.29, 1.82) is 0 Å². The molecule has 0 atom stereocenters. The molecule has 144 valence electrons. The number of halogens is 1. The van der Waals surface area contributed by atoms with Crippen LogP contribution in [0.25, 0.3) is 0 Å². The first-order chi connectivity index (χ1) is 13.4. The fourth-order valence-corrected chi connectivity index (χ4v) is 8.87. The molecule has 0 aliphatic carbocycles. The first-order valence-electron chi connectivity index (χ1n) is 9.18. The second kappa shape index (κ2) is 8.51. The van der Waals surface area contributed by atoms with Crippen molar-refractivity contribution in [3.05, 3.63) is 91.0 Å². The molecular formula is C24H24BrO2P. The van der Waals surface area contributed by atoms with Gasteiger partial charge in [0.15, 0.2) is 0 Å². The van der Waals surface area contributed by atoms with Crippen molar-refractivity contribution in [2.24, 2.45) is 0 Å². The van der Waals surface area contributed by atoms with Gasteiger partial charge in [0.2, 0.25) is 0 Å². The Hall–Kier alpha value is -2.09. The highest BCUT2D eigenvalue weighted by Crippen LogP contribution is 2.48. The molecule has 3 rings (SSSR count). The van der Waals surface area contributed by atoms with E-state index in [1.54, 1.807) is 0 Å². The van der Waals surface area contributed by atoms with E-state index in [2.05, 4.69) is 52.3 Å². The molecule has 3 aromatic carbocycles. The lowest BCUT2D eigenvalue weighted by atomic mass is 10.2. The Morgan fingerprint density at radius 3 is 1.32 bits per heavy atom. The van der Waals surface area contributed by atoms with Gasteiger partial charge in [-0.15, -0.1) is 0 Å². The number of rotatable bonds is 4. The number of benzene rings is 3. The fourth-order valence-electron chi connectivity index (χ4n) is 3.20. The summed E-state index contributed by atoms with van der Waals surface area (Å²) in [5, 5.41) is 3.31. The van der Waals surface area contributed by atoms with Crippen molar-refractivity contribution < 1.29 is 9.53 Å². The van der Waals surface area contributed by atoms with Crippen molar-refractivity contribution in [3.8, 4) is 0 Å². The van der Waals surface area contributed by atoms with Gasteiger partial charge in [-0.2, -0.15) is 0 Å². The van der Waals surface area contributed by atoms with Crippen LogP contribution in [0.4, 0.5) is 0 Å². The second-order valence-electron chi connectivity index (χ2n) is 7.47. The van der Waals surface area contributed by atoms with E-state index in [4.69, 9.17) is 4.74 Å². The third kappa shape index (κ3) is 4.16. The number of carbonyl (C=O) groups excluding carboxylic acids is 1. The van der Waals surface area contributed by atoms with Crippen LogP contribution in [0.2, 0.25) is 0 Å². The molecule has 0 spiro atoms. The molecule has 0 N–H and O–H groups in total. The maximum atomic E-state index is 13.2. The van der Waals surface area contributed by atoms with Gasteiger partial charge in [0.25, 0.3) is 0 Å². The van der Waals surface area contributed by atoms with Crippen LogP contribution in [-0.2, 0) is 9.53 Å². The third-order valence-corrected chi connectivity index (χ3v) is 10.2. The minimum Gasteiger partial charge on any atom is -0.456 e. The van der Waals surface area contributed by atoms with Crippen molar-refractivity contribution in [1.82, 2.24) is 0 Å². The number of ether oxygens (including phenoxy) is 1. The van der Waals surface area contributed by atoms with Crippen LogP contribution in [0.3, 0.4) is 0 Å². The van der Waals surface area contributed by atoms with E-state index in [1.807, 2.05) is 75.4 Å². The van der Waals surface area contributed by atoms with Gasteiger partial charge < -0.3 is 4.74 Å². The molecule has 0 fully saturated rings. The summed E-state index contributed by atoms with van der Waals surface area (Å²) in [6.07, 6.45) is 0. The molecule has 0 radical (unpaired) electrons. The lowest BCUT2D eigenvalue weighted by Crippen LogP contribution is -2.34. The molecule has 4 heteroatoms. The van der Waals surface area contributed by atoms with Gasteiger partial charge in [0.1, 0.15) is 9.80 Å². The SMILES string of the molecule is CC(C)(C)OC(=O)C(Br)=P(c1ccccc1)(c1ccccc1)c1ccccc1. The Morgan fingerprint density at radius 2 is 1.04 bits per heavy atom. The molecule has 0 heterocycles. The molecule has 2 nitrogen and oxygen atoms in total. The number of hydrogen-bond acceptors (Lipinski definition) is 2. The predicted molar refractivity (Wildman–Crippen MR) is 125 cm³/mol. The Bertz CT molecular complexity index is 888. The van der Waals surface area contributed by atoms with Crippen LogP contribution in [0.1, 0.15) is 20.8 Å². The van der Waals surface area contributed by atoms with Crippen molar-refractivity contribution >= 4 is 48.9 Å². The number of hydrogen-bond donors (Lipinski definition) is 0. The predicted octanol–water partition coefficient (Wildman–Crippen LogP) is 4.85. The quantitative estimate of drug-likeness (QED) is 0.416. The monoisotopic (exact) mass is 454 g/mol. The molecular weight excluding hydrogens is 431 g/mol. The zero-order valence-electron chi connectivity index (χ0n) is 16.3. The van der Waals surface area contributed by atoms with E-state index in [0.29, 0.717) is 4.20 Å². The summed E-state index contributed by atoms with van der Waals surface area (Å²) in [5.41, 5.74) is -0.574. The third-order valence-electron chi connectivity index (χ3n) is 4.29. The van der Waals surface area contributed by atoms with E-state index in [9.17, 15) is 4.79 Å². The molecule has 0 aliphatic heterocycles. The average molecular weight is 455 g/mol. The van der Waals surface area contributed by atoms with Crippen LogP contribution in [0, 0.1) is 0 Å². The summed E-state index contributed by atoms with van der Waals surface area (Å²) in [4.78, 5) is 13.2. The highest BCUT2D eigenvalue weighted by Gasteiger charge is 2.33. The van der Waals surface area contributed by atoms with Crippen LogP contribution in [-0.4, -0.2) is 15.8 Å². The first kappa shape index (κ1) is 20.6. The summed E-state index contributed by atoms with van der Waals surface area (Å²) in [6, 6.07) is 30.7. The topological polar surface area (TPSA) is 26.3 Å². The van der Waals surface area contributed by atoms with E-state index in [-0.39, 0.29) is 5.97 Å². The van der Waals surface area contributed by atoms with Gasteiger partial charge in [0, 0.05) is 0 Å². The van der Waals surface area contributed by atoms with Crippen LogP contribution in [0.5, 0.6) is 0 Å². The summed E-state index contributed by atoms with van der Waals surface area (Å²) in [5.74, 6) is -0.322. The fraction of sp³-hybridized carbons (Fsp3) is 0.167. The lowest BCUT2D eigenvalue weighted by Gasteiger charge is -2.31. The van der Waals surface area contributed by atoms with Gasteiger partial charge >= 0.3 is 5.97 Å². The van der Waals surface area contributed by atoms with Gasteiger partial charge in [0.05, 0.1) is 0 Å². The van der Waals surface area contributed by atoms with Crippen LogP contribution in [0.15, 0.2) is 91.0 Å². The molecule has 0 saturated heterocycles. The van der Waals surface area contributed by atoms with Crippen LogP contribution < -0.4 is 15.9 Å². The summed E-state index contributed by atoms with van der Waals surface area (Å²) < 4.78 is 6.34. The molecule has 0 unspecified atom stereocenters. The maximum absolute atomic E-state index is 13.2. The van der Waals surface area contributed by atoms with E-state index >= 15 is 0 Å². The zero-order valence-corrected chi connectivity index (χ0v) is 18.8. The average Bonchev–Trinajstić information content (AvgIpc) is 2.70. The summed E-state index contributed by atoms with van der Waals surface area (Å²) >= 11 is 3.72. The van der Waals surface area contributed by atoms with E-state index < -0.39 is 12.5 Å². The molecule has 0 aliphatic rings. The van der Waals surface area contributed by atoms with Crippen LogP contribution >= 0.6 is 22.8 Å². The molecule has 28 heavy (non-hydrogen) atoms. The summed E-state index contributed by atoms with van der Waals surface area (Å²) in [7, 11) is 0. The number of esters is 1. The minimum absolute atomic E-state index is 0.322. The highest BCUT2D eigenvalue weighted by atomic mass is 79.9. The Morgan fingerprint density at radius 1 is 0.714 bits per heavy atom. The van der Waals surface area contributed by atoms with E-state index in [0.717, 1.165) is 15.9 Å². The van der Waals surface area contributed by atoms with Crippen molar-refractivity contribution in [3.63, 3.8) is 0 Å². The van der Waals surface area contributed by atoms with Gasteiger partial charge in [-0.25, -0.2) is 4.79 Å². The first-order valence-corrected chi connectivity index (χ1v) is 11.8. The largest absolute Gasteiger partial charge is 0.456 e. The molecule has 0 amide bonds.